The molecule has 0 heterocycles. The molecule has 0 spiro atoms. The fourth-order valence-corrected chi connectivity index (χ4v) is 4.27. The molecule has 2 aliphatic carbocycles. The maximum atomic E-state index is 3.80. The molecule has 1 saturated carbocycles. The largest absolute Gasteiger partial charge is 0.0883 e. The first kappa shape index (κ1) is 13.1. The second-order valence-electron chi connectivity index (χ2n) is 5.41. The molecule has 92 valence electrons. The van der Waals surface area contributed by atoms with E-state index in [0.29, 0.717) is 9.65 Å². The first-order valence-electron chi connectivity index (χ1n) is 6.70. The number of hydrogen-bond donors (Lipinski definition) is 0. The Bertz CT molecular complexity index is 237. The Labute approximate surface area is 117 Å². The number of alkyl halides is 2. The van der Waals surface area contributed by atoms with Crippen molar-refractivity contribution in [3.8, 4) is 0 Å². The average Bonchev–Trinajstić information content (AvgIpc) is 2.32. The van der Waals surface area contributed by atoms with E-state index in [0.717, 1.165) is 11.8 Å². The normalized spacial score (nSPS) is 39.9. The molecule has 2 rings (SSSR count). The summed E-state index contributed by atoms with van der Waals surface area (Å²) < 4.78 is 0. The van der Waals surface area contributed by atoms with Crippen LogP contribution in [0.2, 0.25) is 0 Å². The predicted molar refractivity (Wildman–Crippen MR) is 78.5 cm³/mol. The van der Waals surface area contributed by atoms with Gasteiger partial charge in [-0.15, -0.1) is 0 Å². The van der Waals surface area contributed by atoms with Crippen molar-refractivity contribution in [1.29, 1.82) is 0 Å². The molecule has 0 aliphatic heterocycles. The topological polar surface area (TPSA) is 0 Å². The van der Waals surface area contributed by atoms with Gasteiger partial charge in [0.2, 0.25) is 0 Å². The fourth-order valence-electron chi connectivity index (χ4n) is 3.00. The van der Waals surface area contributed by atoms with E-state index >= 15 is 0 Å². The Balaban J connectivity index is 1.69. The van der Waals surface area contributed by atoms with Crippen molar-refractivity contribution >= 4 is 31.9 Å². The maximum Gasteiger partial charge on any atom is 0.0273 e. The van der Waals surface area contributed by atoms with Gasteiger partial charge in [0.15, 0.2) is 0 Å². The van der Waals surface area contributed by atoms with Crippen LogP contribution in [0.15, 0.2) is 12.2 Å². The molecular weight excluding hydrogens is 328 g/mol. The smallest absolute Gasteiger partial charge is 0.0273 e. The van der Waals surface area contributed by atoms with E-state index in [1.54, 1.807) is 0 Å². The second-order valence-corrected chi connectivity index (χ2v) is 7.76. The van der Waals surface area contributed by atoms with Crippen molar-refractivity contribution in [2.24, 2.45) is 11.8 Å². The van der Waals surface area contributed by atoms with Crippen molar-refractivity contribution in [3.63, 3.8) is 0 Å². The summed E-state index contributed by atoms with van der Waals surface area (Å²) in [6.07, 6.45) is 16.0. The highest BCUT2D eigenvalue weighted by Crippen LogP contribution is 2.37. The molecule has 0 radical (unpaired) electrons. The maximum absolute atomic E-state index is 3.80. The van der Waals surface area contributed by atoms with Crippen LogP contribution in [0.5, 0.6) is 0 Å². The summed E-state index contributed by atoms with van der Waals surface area (Å²) in [5.41, 5.74) is 0. The minimum atomic E-state index is 0.702. The van der Waals surface area contributed by atoms with Crippen molar-refractivity contribution in [2.75, 3.05) is 0 Å². The van der Waals surface area contributed by atoms with Gasteiger partial charge in [-0.05, 0) is 63.2 Å². The van der Waals surface area contributed by atoms with E-state index in [4.69, 9.17) is 0 Å². The Morgan fingerprint density at radius 1 is 1.00 bits per heavy atom. The van der Waals surface area contributed by atoms with Gasteiger partial charge in [0.25, 0.3) is 0 Å². The molecule has 0 amide bonds. The summed E-state index contributed by atoms with van der Waals surface area (Å²) in [5, 5.41) is 0. The highest BCUT2D eigenvalue weighted by Gasteiger charge is 2.27. The molecule has 16 heavy (non-hydrogen) atoms. The monoisotopic (exact) mass is 348 g/mol. The van der Waals surface area contributed by atoms with Crippen molar-refractivity contribution in [2.45, 2.75) is 61.0 Å². The summed E-state index contributed by atoms with van der Waals surface area (Å²) in [6.45, 7) is 0. The molecule has 0 saturated heterocycles. The van der Waals surface area contributed by atoms with Crippen molar-refractivity contribution in [1.82, 2.24) is 0 Å². The van der Waals surface area contributed by atoms with Crippen LogP contribution in [0.4, 0.5) is 0 Å². The van der Waals surface area contributed by atoms with E-state index in [-0.39, 0.29) is 0 Å². The quantitative estimate of drug-likeness (QED) is 0.469. The molecule has 1 fully saturated rings. The SMILES string of the molecule is BrC1CCC(CCC2C=CCCC2)CC1Br. The number of halogens is 2. The lowest BCUT2D eigenvalue weighted by molar-refractivity contribution is 0.327. The van der Waals surface area contributed by atoms with Gasteiger partial charge in [-0.3, -0.25) is 0 Å². The summed E-state index contributed by atoms with van der Waals surface area (Å²) in [6, 6.07) is 0. The van der Waals surface area contributed by atoms with Gasteiger partial charge in [0.1, 0.15) is 0 Å². The second kappa shape index (κ2) is 6.58. The molecule has 4 atom stereocenters. The van der Waals surface area contributed by atoms with Gasteiger partial charge in [-0.1, -0.05) is 44.0 Å². The highest BCUT2D eigenvalue weighted by atomic mass is 79.9. The van der Waals surface area contributed by atoms with E-state index in [2.05, 4.69) is 44.0 Å². The van der Waals surface area contributed by atoms with E-state index < -0.39 is 0 Å². The summed E-state index contributed by atoms with van der Waals surface area (Å²) in [5.74, 6) is 1.86. The lowest BCUT2D eigenvalue weighted by Crippen LogP contribution is -2.25. The zero-order valence-corrected chi connectivity index (χ0v) is 13.0. The number of hydrogen-bond acceptors (Lipinski definition) is 0. The van der Waals surface area contributed by atoms with E-state index in [9.17, 15) is 0 Å². The van der Waals surface area contributed by atoms with Crippen LogP contribution in [-0.4, -0.2) is 9.65 Å². The van der Waals surface area contributed by atoms with Crippen LogP contribution in [0.3, 0.4) is 0 Å². The van der Waals surface area contributed by atoms with Crippen LogP contribution in [0, 0.1) is 11.8 Å². The van der Waals surface area contributed by atoms with Crippen molar-refractivity contribution < 1.29 is 0 Å². The van der Waals surface area contributed by atoms with Crippen LogP contribution >= 0.6 is 31.9 Å². The molecule has 0 nitrogen and oxygen atoms in total. The predicted octanol–water partition coefficient (Wildman–Crippen LogP) is 5.45. The zero-order chi connectivity index (χ0) is 11.4. The van der Waals surface area contributed by atoms with Crippen LogP contribution in [-0.2, 0) is 0 Å². The lowest BCUT2D eigenvalue weighted by Gasteiger charge is -2.30. The third kappa shape index (κ3) is 3.87. The molecule has 2 aliphatic rings. The fraction of sp³-hybridized carbons (Fsp3) is 0.857. The lowest BCUT2D eigenvalue weighted by atomic mass is 9.82. The van der Waals surface area contributed by atoms with Crippen LogP contribution < -0.4 is 0 Å². The van der Waals surface area contributed by atoms with Gasteiger partial charge in [-0.2, -0.15) is 0 Å². The molecule has 0 aromatic heterocycles. The van der Waals surface area contributed by atoms with Gasteiger partial charge < -0.3 is 0 Å². The van der Waals surface area contributed by atoms with Gasteiger partial charge >= 0.3 is 0 Å². The van der Waals surface area contributed by atoms with Gasteiger partial charge in [0.05, 0.1) is 0 Å². The van der Waals surface area contributed by atoms with Crippen molar-refractivity contribution in [3.05, 3.63) is 12.2 Å². The number of allylic oxidation sites excluding steroid dienone is 2. The Morgan fingerprint density at radius 3 is 2.56 bits per heavy atom. The first-order chi connectivity index (χ1) is 7.75. The number of rotatable bonds is 3. The minimum Gasteiger partial charge on any atom is -0.0883 e. The highest BCUT2D eigenvalue weighted by molar-refractivity contribution is 9.12. The standard InChI is InChI=1S/C14H22Br2/c15-13-9-8-12(10-14(13)16)7-6-11-4-2-1-3-5-11/h2,4,11-14H,1,3,5-10H2. The average molecular weight is 350 g/mol. The third-order valence-corrected chi connectivity index (χ3v) is 6.92. The molecular formula is C14H22Br2. The van der Waals surface area contributed by atoms with Crippen LogP contribution in [0.1, 0.15) is 51.4 Å². The Morgan fingerprint density at radius 2 is 1.88 bits per heavy atom. The molecule has 0 aromatic rings. The van der Waals surface area contributed by atoms with E-state index in [1.165, 1.54) is 51.4 Å². The minimum absolute atomic E-state index is 0.702. The molecule has 0 aromatic carbocycles. The zero-order valence-electron chi connectivity index (χ0n) is 9.88. The van der Waals surface area contributed by atoms with Crippen LogP contribution in [0.25, 0.3) is 0 Å². The molecule has 0 bridgehead atoms. The summed E-state index contributed by atoms with van der Waals surface area (Å²) >= 11 is 7.55. The Kier molecular flexibility index (Phi) is 5.41. The third-order valence-electron chi connectivity index (χ3n) is 4.10. The van der Waals surface area contributed by atoms with Gasteiger partial charge in [0, 0.05) is 9.65 Å². The molecule has 0 N–H and O–H groups in total. The molecule has 4 unspecified atom stereocenters. The van der Waals surface area contributed by atoms with Gasteiger partial charge in [-0.25, -0.2) is 0 Å². The van der Waals surface area contributed by atoms with E-state index in [1.807, 2.05) is 0 Å². The summed E-state index contributed by atoms with van der Waals surface area (Å²) in [7, 11) is 0. The summed E-state index contributed by atoms with van der Waals surface area (Å²) in [4.78, 5) is 1.41. The molecule has 2 heteroatoms. The first-order valence-corrected chi connectivity index (χ1v) is 8.53. The Hall–Kier alpha value is 0.700.